The monoisotopic (exact) mass is 446 g/mol. The average molecular weight is 448 g/mol. The lowest BCUT2D eigenvalue weighted by Gasteiger charge is -2.11. The minimum absolute atomic E-state index is 0.249. The maximum Gasteiger partial charge on any atom is 0.262 e. The van der Waals surface area contributed by atoms with Crippen LogP contribution in [0.2, 0.25) is 15.1 Å². The summed E-state index contributed by atoms with van der Waals surface area (Å²) in [6.45, 7) is -0.249. The Kier molecular flexibility index (Phi) is 6.84. The minimum atomic E-state index is -0.381. The normalized spacial score (nSPS) is 10.1. The van der Waals surface area contributed by atoms with Crippen LogP contribution in [0.1, 0.15) is 5.56 Å². The van der Waals surface area contributed by atoms with E-state index >= 15 is 0 Å². The van der Waals surface area contributed by atoms with Crippen molar-refractivity contribution in [3.63, 3.8) is 0 Å². The number of para-hydroxylation sites is 1. The van der Waals surface area contributed by atoms with Crippen molar-refractivity contribution >= 4 is 46.4 Å². The number of rotatable bonds is 6. The molecule has 0 aromatic heterocycles. The van der Waals surface area contributed by atoms with Gasteiger partial charge in [0.2, 0.25) is 0 Å². The predicted octanol–water partition coefficient (Wildman–Crippen LogP) is 6.33. The molecule has 8 heteroatoms. The molecule has 0 fully saturated rings. The van der Waals surface area contributed by atoms with Crippen molar-refractivity contribution in [1.29, 1.82) is 5.26 Å². The lowest BCUT2D eigenvalue weighted by Crippen LogP contribution is -2.20. The van der Waals surface area contributed by atoms with Crippen molar-refractivity contribution in [1.82, 2.24) is 0 Å². The van der Waals surface area contributed by atoms with E-state index in [1.807, 2.05) is 6.07 Å². The second-order valence-corrected chi connectivity index (χ2v) is 7.11. The van der Waals surface area contributed by atoms with Crippen molar-refractivity contribution < 1.29 is 14.3 Å². The van der Waals surface area contributed by atoms with Crippen molar-refractivity contribution in [2.45, 2.75) is 0 Å². The SMILES string of the molecule is N#Cc1cc(Cl)cc(Oc2cc(Cl)cc(OCC(=O)Nc3ccccc3Cl)c2)c1. The van der Waals surface area contributed by atoms with Crippen molar-refractivity contribution in [3.05, 3.63) is 81.3 Å². The van der Waals surface area contributed by atoms with Crippen LogP contribution >= 0.6 is 34.8 Å². The first-order valence-electron chi connectivity index (χ1n) is 8.29. The van der Waals surface area contributed by atoms with Gasteiger partial charge in [0.25, 0.3) is 5.91 Å². The van der Waals surface area contributed by atoms with Crippen LogP contribution in [0.15, 0.2) is 60.7 Å². The molecule has 0 aliphatic heterocycles. The third kappa shape index (κ3) is 6.03. The molecule has 0 aliphatic carbocycles. The Bertz CT molecular complexity index is 1100. The summed E-state index contributed by atoms with van der Waals surface area (Å²) in [7, 11) is 0. The first kappa shape index (κ1) is 20.8. The Balaban J connectivity index is 1.68. The van der Waals surface area contributed by atoms with Crippen LogP contribution < -0.4 is 14.8 Å². The van der Waals surface area contributed by atoms with Crippen molar-refractivity contribution in [3.8, 4) is 23.3 Å². The van der Waals surface area contributed by atoms with Gasteiger partial charge in [0.1, 0.15) is 17.2 Å². The fraction of sp³-hybridized carbons (Fsp3) is 0.0476. The smallest absolute Gasteiger partial charge is 0.262 e. The summed E-state index contributed by atoms with van der Waals surface area (Å²) in [6.07, 6.45) is 0. The molecule has 3 rings (SSSR count). The van der Waals surface area contributed by atoms with Crippen molar-refractivity contribution in [2.24, 2.45) is 0 Å². The van der Waals surface area contributed by atoms with E-state index in [0.717, 1.165) is 0 Å². The summed E-state index contributed by atoms with van der Waals surface area (Å²) in [5, 5.41) is 12.8. The number of anilines is 1. The summed E-state index contributed by atoms with van der Waals surface area (Å²) < 4.78 is 11.2. The summed E-state index contributed by atoms with van der Waals surface area (Å²) >= 11 is 18.1. The Morgan fingerprint density at radius 3 is 2.31 bits per heavy atom. The Labute approximate surface area is 182 Å². The predicted molar refractivity (Wildman–Crippen MR) is 113 cm³/mol. The third-order valence-electron chi connectivity index (χ3n) is 3.60. The topological polar surface area (TPSA) is 71.3 Å². The zero-order valence-electron chi connectivity index (χ0n) is 14.8. The van der Waals surface area contributed by atoms with Crippen molar-refractivity contribution in [2.75, 3.05) is 11.9 Å². The molecule has 0 bridgehead atoms. The highest BCUT2D eigenvalue weighted by Gasteiger charge is 2.09. The van der Waals surface area contributed by atoms with Crippen LogP contribution in [0.25, 0.3) is 0 Å². The number of carbonyl (C=O) groups is 1. The Morgan fingerprint density at radius 2 is 1.59 bits per heavy atom. The van der Waals surface area contributed by atoms with E-state index in [-0.39, 0.29) is 12.5 Å². The van der Waals surface area contributed by atoms with Crippen LogP contribution in [0.4, 0.5) is 5.69 Å². The number of halogens is 3. The van der Waals surface area contributed by atoms with Gasteiger partial charge in [-0.25, -0.2) is 0 Å². The van der Waals surface area contributed by atoms with E-state index in [4.69, 9.17) is 49.5 Å². The fourth-order valence-corrected chi connectivity index (χ4v) is 3.02. The quantitative estimate of drug-likeness (QED) is 0.479. The van der Waals surface area contributed by atoms with Gasteiger partial charge in [0, 0.05) is 16.1 Å². The molecule has 5 nitrogen and oxygen atoms in total. The summed E-state index contributed by atoms with van der Waals surface area (Å²) in [4.78, 5) is 12.1. The van der Waals surface area contributed by atoms with Gasteiger partial charge in [-0.05, 0) is 42.5 Å². The molecule has 0 radical (unpaired) electrons. The molecule has 0 atom stereocenters. The zero-order chi connectivity index (χ0) is 20.8. The lowest BCUT2D eigenvalue weighted by atomic mass is 10.2. The molecule has 0 saturated carbocycles. The summed E-state index contributed by atoms with van der Waals surface area (Å²) in [5.74, 6) is 0.697. The van der Waals surface area contributed by atoms with E-state index in [1.165, 1.54) is 6.07 Å². The number of hydrogen-bond donors (Lipinski definition) is 1. The molecule has 0 heterocycles. The maximum atomic E-state index is 12.1. The Hall–Kier alpha value is -2.91. The van der Waals surface area contributed by atoms with E-state index in [0.29, 0.717) is 43.6 Å². The second-order valence-electron chi connectivity index (χ2n) is 5.83. The van der Waals surface area contributed by atoms with E-state index in [9.17, 15) is 4.79 Å². The van der Waals surface area contributed by atoms with E-state index in [2.05, 4.69) is 5.32 Å². The molecule has 0 unspecified atom stereocenters. The van der Waals surface area contributed by atoms with Crippen LogP contribution in [0.5, 0.6) is 17.2 Å². The van der Waals surface area contributed by atoms with Gasteiger partial charge in [0.05, 0.1) is 22.3 Å². The number of amides is 1. The van der Waals surface area contributed by atoms with E-state index < -0.39 is 0 Å². The molecular formula is C21H13Cl3N2O3. The highest BCUT2D eigenvalue weighted by molar-refractivity contribution is 6.33. The molecule has 0 aliphatic rings. The first-order chi connectivity index (χ1) is 13.9. The lowest BCUT2D eigenvalue weighted by molar-refractivity contribution is -0.118. The summed E-state index contributed by atoms with van der Waals surface area (Å²) in [5.41, 5.74) is 0.856. The third-order valence-corrected chi connectivity index (χ3v) is 4.36. The minimum Gasteiger partial charge on any atom is -0.484 e. The molecule has 1 N–H and O–H groups in total. The van der Waals surface area contributed by atoms with Gasteiger partial charge in [-0.1, -0.05) is 46.9 Å². The standard InChI is InChI=1S/C21H13Cl3N2O3/c22-14-5-13(11-25)6-17(8-14)29-18-9-15(23)7-16(10-18)28-12-21(27)26-20-4-2-1-3-19(20)24/h1-10H,12H2,(H,26,27). The van der Waals surface area contributed by atoms with Crippen LogP contribution in [-0.2, 0) is 4.79 Å². The summed E-state index contributed by atoms with van der Waals surface area (Å²) in [6, 6.07) is 18.2. The number of nitrogens with zero attached hydrogens (tertiary/aromatic N) is 1. The fourth-order valence-electron chi connectivity index (χ4n) is 2.40. The largest absolute Gasteiger partial charge is 0.484 e. The molecule has 3 aromatic rings. The molecule has 29 heavy (non-hydrogen) atoms. The molecule has 1 amide bonds. The molecule has 0 saturated heterocycles. The zero-order valence-corrected chi connectivity index (χ0v) is 17.1. The molecular weight excluding hydrogens is 435 g/mol. The number of ether oxygens (including phenoxy) is 2. The van der Waals surface area contributed by atoms with Crippen LogP contribution in [-0.4, -0.2) is 12.5 Å². The average Bonchev–Trinajstić information content (AvgIpc) is 2.67. The van der Waals surface area contributed by atoms with Gasteiger partial charge in [-0.15, -0.1) is 0 Å². The Morgan fingerprint density at radius 1 is 0.931 bits per heavy atom. The second kappa shape index (κ2) is 9.53. The van der Waals surface area contributed by atoms with Gasteiger partial charge in [0.15, 0.2) is 6.61 Å². The molecule has 3 aromatic carbocycles. The number of nitrogens with one attached hydrogen (secondary N) is 1. The van der Waals surface area contributed by atoms with Crippen LogP contribution in [0.3, 0.4) is 0 Å². The van der Waals surface area contributed by atoms with Gasteiger partial charge >= 0.3 is 0 Å². The van der Waals surface area contributed by atoms with E-state index in [1.54, 1.807) is 54.6 Å². The highest BCUT2D eigenvalue weighted by atomic mass is 35.5. The first-order valence-corrected chi connectivity index (χ1v) is 9.42. The number of carbonyl (C=O) groups excluding carboxylic acids is 1. The molecule has 0 spiro atoms. The number of benzene rings is 3. The molecule has 146 valence electrons. The van der Waals surface area contributed by atoms with Crippen LogP contribution in [0, 0.1) is 11.3 Å². The number of nitriles is 1. The van der Waals surface area contributed by atoms with Gasteiger partial charge in [-0.3, -0.25) is 4.79 Å². The highest BCUT2D eigenvalue weighted by Crippen LogP contribution is 2.31. The van der Waals surface area contributed by atoms with Gasteiger partial charge < -0.3 is 14.8 Å². The number of hydrogen-bond acceptors (Lipinski definition) is 4. The van der Waals surface area contributed by atoms with Gasteiger partial charge in [-0.2, -0.15) is 5.26 Å². The maximum absolute atomic E-state index is 12.1.